The molecule has 8 aromatic rings. The lowest BCUT2D eigenvalue weighted by Crippen LogP contribution is -2.21. The number of para-hydroxylation sites is 3. The van der Waals surface area contributed by atoms with Crippen LogP contribution in [0.15, 0.2) is 144 Å². The zero-order valence-electron chi connectivity index (χ0n) is 21.0. The van der Waals surface area contributed by atoms with Gasteiger partial charge in [-0.2, -0.15) is 0 Å². The smallest absolute Gasteiger partial charge is 0.279 e. The largest absolute Gasteiger partial charge is 0.310 e. The van der Waals surface area contributed by atoms with E-state index in [0.29, 0.717) is 5.52 Å². The lowest BCUT2D eigenvalue weighted by atomic mass is 10.0. The Morgan fingerprint density at radius 2 is 1.00 bits per heavy atom. The summed E-state index contributed by atoms with van der Waals surface area (Å²) < 4.78 is 6.14. The second kappa shape index (κ2) is 8.33. The monoisotopic (exact) mass is 501 g/mol. The van der Waals surface area contributed by atoms with Crippen molar-refractivity contribution in [2.24, 2.45) is 0 Å². The Morgan fingerprint density at radius 1 is 0.410 bits per heavy atom. The van der Waals surface area contributed by atoms with E-state index in [1.807, 2.05) is 63.7 Å². The third kappa shape index (κ3) is 3.22. The van der Waals surface area contributed by atoms with Crippen molar-refractivity contribution in [3.8, 4) is 22.5 Å². The van der Waals surface area contributed by atoms with Crippen molar-refractivity contribution in [2.75, 3.05) is 0 Å². The second-order valence-electron chi connectivity index (χ2n) is 9.86. The fourth-order valence-electron chi connectivity index (χ4n) is 5.92. The van der Waals surface area contributed by atoms with Gasteiger partial charge in [0.1, 0.15) is 5.52 Å². The van der Waals surface area contributed by atoms with Crippen LogP contribution in [0.5, 0.6) is 0 Å². The molecule has 0 N–H and O–H groups in total. The molecule has 0 saturated carbocycles. The molecule has 0 aliphatic rings. The Balaban J connectivity index is 1.38. The van der Waals surface area contributed by atoms with Crippen molar-refractivity contribution < 1.29 is 0 Å². The average molecular weight is 502 g/mol. The third-order valence-corrected chi connectivity index (χ3v) is 7.68. The minimum absolute atomic E-state index is 0.0263. The van der Waals surface area contributed by atoms with E-state index in [9.17, 15) is 4.79 Å². The Kier molecular flexibility index (Phi) is 4.64. The van der Waals surface area contributed by atoms with Crippen LogP contribution >= 0.6 is 0 Å². The van der Waals surface area contributed by atoms with Gasteiger partial charge in [0.25, 0.3) is 5.56 Å². The van der Waals surface area contributed by atoms with E-state index in [1.165, 1.54) is 21.8 Å². The van der Waals surface area contributed by atoms with Crippen molar-refractivity contribution in [3.63, 3.8) is 0 Å². The van der Waals surface area contributed by atoms with Crippen molar-refractivity contribution in [2.45, 2.75) is 0 Å². The highest BCUT2D eigenvalue weighted by Crippen LogP contribution is 2.35. The predicted octanol–water partition coefficient (Wildman–Crippen LogP) is 8.01. The van der Waals surface area contributed by atoms with Gasteiger partial charge in [0, 0.05) is 28.3 Å². The van der Waals surface area contributed by atoms with Gasteiger partial charge in [-0.1, -0.05) is 66.7 Å². The first kappa shape index (κ1) is 21.7. The van der Waals surface area contributed by atoms with Crippen LogP contribution in [0, 0.1) is 0 Å². The molecule has 8 rings (SSSR count). The molecule has 0 unspecified atom stereocenters. The topological polar surface area (TPSA) is 31.3 Å². The number of nitrogens with zero attached hydrogens (tertiary/aromatic N) is 3. The highest BCUT2D eigenvalue weighted by Gasteiger charge is 2.15. The van der Waals surface area contributed by atoms with Gasteiger partial charge in [0.2, 0.25) is 0 Å². The van der Waals surface area contributed by atoms with Gasteiger partial charge in [-0.25, -0.2) is 0 Å². The minimum Gasteiger partial charge on any atom is -0.310 e. The predicted molar refractivity (Wildman–Crippen MR) is 160 cm³/mol. The maximum atomic E-state index is 13.5. The van der Waals surface area contributed by atoms with Gasteiger partial charge in [-0.15, -0.1) is 0 Å². The van der Waals surface area contributed by atoms with E-state index in [0.717, 1.165) is 33.5 Å². The fourth-order valence-corrected chi connectivity index (χ4v) is 5.92. The molecule has 5 aromatic carbocycles. The van der Waals surface area contributed by atoms with Crippen LogP contribution in [-0.4, -0.2) is 13.5 Å². The summed E-state index contributed by atoms with van der Waals surface area (Å²) in [4.78, 5) is 13.5. The molecule has 0 atom stereocenters. The van der Waals surface area contributed by atoms with Crippen molar-refractivity contribution >= 4 is 38.4 Å². The molecule has 4 nitrogen and oxygen atoms in total. The number of fused-ring (bicyclic) bond motifs is 6. The van der Waals surface area contributed by atoms with E-state index in [4.69, 9.17) is 0 Å². The van der Waals surface area contributed by atoms with Crippen LogP contribution in [0.3, 0.4) is 0 Å². The lowest BCUT2D eigenvalue weighted by Gasteiger charge is -2.14. The zero-order valence-corrected chi connectivity index (χ0v) is 21.0. The van der Waals surface area contributed by atoms with Crippen molar-refractivity contribution in [1.29, 1.82) is 0 Å². The van der Waals surface area contributed by atoms with Crippen molar-refractivity contribution in [3.05, 3.63) is 150 Å². The highest BCUT2D eigenvalue weighted by molar-refractivity contribution is 6.10. The second-order valence-corrected chi connectivity index (χ2v) is 9.86. The first-order chi connectivity index (χ1) is 19.3. The van der Waals surface area contributed by atoms with Crippen LogP contribution in [0.25, 0.3) is 60.9 Å². The summed E-state index contributed by atoms with van der Waals surface area (Å²) in [6.07, 6.45) is 1.97. The summed E-state index contributed by atoms with van der Waals surface area (Å²) in [7, 11) is 0. The van der Waals surface area contributed by atoms with Gasteiger partial charge < -0.3 is 8.97 Å². The SMILES string of the molecule is O=c1c2cccn2c2cc(-c3ccc4c(c3)c3ccccc3n4-c3ccccc3)ccc2n1-c1ccccc1. The molecule has 0 amide bonds. The van der Waals surface area contributed by atoms with Crippen LogP contribution in [0.4, 0.5) is 0 Å². The third-order valence-electron chi connectivity index (χ3n) is 7.68. The molecule has 184 valence electrons. The standard InChI is InChI=1S/C35H23N3O/c39-35-33-16-9-21-36(33)34-23-25(18-20-32(34)38(35)27-12-5-2-6-13-27)24-17-19-31-29(22-24)28-14-7-8-15-30(28)37(31)26-10-3-1-4-11-26/h1-23H. The van der Waals surface area contributed by atoms with Crippen LogP contribution in [0.1, 0.15) is 0 Å². The number of aromatic nitrogens is 3. The molecule has 3 heterocycles. The molecule has 0 spiro atoms. The minimum atomic E-state index is -0.0263. The van der Waals surface area contributed by atoms with E-state index >= 15 is 0 Å². The average Bonchev–Trinajstić information content (AvgIpc) is 3.62. The van der Waals surface area contributed by atoms with Gasteiger partial charge >= 0.3 is 0 Å². The number of rotatable bonds is 3. The zero-order chi connectivity index (χ0) is 25.9. The molecule has 3 aromatic heterocycles. The summed E-state index contributed by atoms with van der Waals surface area (Å²) in [6, 6.07) is 45.8. The Bertz CT molecular complexity index is 2240. The molecule has 0 bridgehead atoms. The summed E-state index contributed by atoms with van der Waals surface area (Å²) in [5.74, 6) is 0. The Hall–Kier alpha value is -5.35. The summed E-state index contributed by atoms with van der Waals surface area (Å²) in [6.45, 7) is 0. The van der Waals surface area contributed by atoms with Gasteiger partial charge in [-0.05, 0) is 77.9 Å². The van der Waals surface area contributed by atoms with Crippen LogP contribution in [-0.2, 0) is 0 Å². The van der Waals surface area contributed by atoms with E-state index in [1.54, 1.807) is 0 Å². The molecule has 0 aliphatic carbocycles. The van der Waals surface area contributed by atoms with Crippen LogP contribution < -0.4 is 5.56 Å². The summed E-state index contributed by atoms with van der Waals surface area (Å²) >= 11 is 0. The van der Waals surface area contributed by atoms with Crippen molar-refractivity contribution in [1.82, 2.24) is 13.5 Å². The van der Waals surface area contributed by atoms with E-state index in [2.05, 4.69) is 89.5 Å². The molecule has 4 heteroatoms. The van der Waals surface area contributed by atoms with E-state index in [-0.39, 0.29) is 5.56 Å². The molecular weight excluding hydrogens is 478 g/mol. The molecule has 0 aliphatic heterocycles. The number of hydrogen-bond donors (Lipinski definition) is 0. The number of hydrogen-bond acceptors (Lipinski definition) is 1. The molecule has 39 heavy (non-hydrogen) atoms. The summed E-state index contributed by atoms with van der Waals surface area (Å²) in [5.41, 5.74) is 9.12. The first-order valence-electron chi connectivity index (χ1n) is 13.1. The first-order valence-corrected chi connectivity index (χ1v) is 13.1. The van der Waals surface area contributed by atoms with E-state index < -0.39 is 0 Å². The quantitative estimate of drug-likeness (QED) is 0.241. The summed E-state index contributed by atoms with van der Waals surface area (Å²) in [5, 5.41) is 2.44. The molecule has 0 saturated heterocycles. The lowest BCUT2D eigenvalue weighted by molar-refractivity contribution is 1.02. The fraction of sp³-hybridized carbons (Fsp3) is 0. The maximum Gasteiger partial charge on any atom is 0.279 e. The molecule has 0 fully saturated rings. The molecule has 0 radical (unpaired) electrons. The van der Waals surface area contributed by atoms with Gasteiger partial charge in [-0.3, -0.25) is 9.36 Å². The molecular formula is C35H23N3O. The van der Waals surface area contributed by atoms with Gasteiger partial charge in [0.15, 0.2) is 0 Å². The van der Waals surface area contributed by atoms with Gasteiger partial charge in [0.05, 0.1) is 22.1 Å². The Morgan fingerprint density at radius 3 is 1.77 bits per heavy atom. The highest BCUT2D eigenvalue weighted by atomic mass is 16.1. The normalized spacial score (nSPS) is 11.7. The maximum absolute atomic E-state index is 13.5. The van der Waals surface area contributed by atoms with Crippen LogP contribution in [0.2, 0.25) is 0 Å². The Labute approximate surface area is 224 Å². The number of benzene rings is 5.